The van der Waals surface area contributed by atoms with Crippen molar-refractivity contribution in [1.29, 1.82) is 0 Å². The van der Waals surface area contributed by atoms with E-state index in [2.05, 4.69) is 5.32 Å². The summed E-state index contributed by atoms with van der Waals surface area (Å²) in [6.07, 6.45) is 3.79. The molecule has 2 aliphatic rings. The van der Waals surface area contributed by atoms with Crippen LogP contribution in [-0.2, 0) is 19.1 Å². The van der Waals surface area contributed by atoms with Crippen LogP contribution >= 0.6 is 0 Å². The van der Waals surface area contributed by atoms with Gasteiger partial charge in [-0.05, 0) is 41.7 Å². The van der Waals surface area contributed by atoms with Gasteiger partial charge in [0.1, 0.15) is 6.04 Å². The molecule has 0 saturated carbocycles. The number of anilines is 1. The van der Waals surface area contributed by atoms with E-state index in [4.69, 9.17) is 4.74 Å². The number of rotatable bonds is 7. The van der Waals surface area contributed by atoms with Gasteiger partial charge in [-0.1, -0.05) is 63.3 Å². The summed E-state index contributed by atoms with van der Waals surface area (Å²) in [4.78, 5) is 42.0. The van der Waals surface area contributed by atoms with Crippen molar-refractivity contribution in [2.45, 2.75) is 39.8 Å². The molecule has 1 fully saturated rings. The number of hydrogen-bond donors (Lipinski definition) is 2. The van der Waals surface area contributed by atoms with E-state index in [0.717, 1.165) is 10.8 Å². The Labute approximate surface area is 206 Å². The van der Waals surface area contributed by atoms with Gasteiger partial charge in [0, 0.05) is 11.6 Å². The predicted molar refractivity (Wildman–Crippen MR) is 134 cm³/mol. The minimum Gasteiger partial charge on any atom is -0.466 e. The molecule has 2 aromatic carbocycles. The van der Waals surface area contributed by atoms with Crippen LogP contribution in [0, 0.1) is 29.6 Å². The van der Waals surface area contributed by atoms with E-state index in [9.17, 15) is 19.5 Å². The number of nitrogens with zero attached hydrogens (tertiary/aromatic N) is 1. The Balaban J connectivity index is 1.72. The molecule has 7 heteroatoms. The zero-order chi connectivity index (χ0) is 25.3. The Kier molecular flexibility index (Phi) is 7.26. The molecule has 1 saturated heterocycles. The second-order valence-electron chi connectivity index (χ2n) is 9.86. The third-order valence-electron chi connectivity index (χ3n) is 7.37. The van der Waals surface area contributed by atoms with Crippen LogP contribution < -0.4 is 5.32 Å². The second-order valence-corrected chi connectivity index (χ2v) is 9.86. The number of carbonyl (C=O) groups excluding carboxylic acids is 3. The van der Waals surface area contributed by atoms with Crippen LogP contribution in [0.4, 0.5) is 5.69 Å². The predicted octanol–water partition coefficient (Wildman–Crippen LogP) is 3.62. The lowest BCUT2D eigenvalue weighted by molar-refractivity contribution is -0.156. The molecule has 6 atom stereocenters. The maximum atomic E-state index is 13.8. The molecule has 1 heterocycles. The number of nitrogens with one attached hydrogen (secondary N) is 1. The van der Waals surface area contributed by atoms with Gasteiger partial charge in [-0.15, -0.1) is 0 Å². The Morgan fingerprint density at radius 1 is 1.11 bits per heavy atom. The molecular formula is C28H34N2O5. The highest BCUT2D eigenvalue weighted by atomic mass is 16.5. The number of likely N-dealkylation sites (tertiary alicyclic amines) is 1. The first kappa shape index (κ1) is 24.9. The van der Waals surface area contributed by atoms with Crippen molar-refractivity contribution < 1.29 is 24.2 Å². The lowest BCUT2D eigenvalue weighted by Crippen LogP contribution is -2.52. The van der Waals surface area contributed by atoms with Crippen molar-refractivity contribution in [2.24, 2.45) is 29.6 Å². The Bertz CT molecular complexity index is 1140. The summed E-state index contributed by atoms with van der Waals surface area (Å²) in [5, 5.41) is 15.2. The van der Waals surface area contributed by atoms with Gasteiger partial charge in [-0.25, -0.2) is 0 Å². The normalized spacial score (nSPS) is 26.6. The fraction of sp³-hybridized carbons (Fsp3) is 0.464. The fourth-order valence-electron chi connectivity index (χ4n) is 5.60. The van der Waals surface area contributed by atoms with Crippen molar-refractivity contribution in [3.63, 3.8) is 0 Å². The molecule has 1 aliphatic heterocycles. The molecule has 0 spiro atoms. The molecule has 0 unspecified atom stereocenters. The number of amides is 2. The lowest BCUT2D eigenvalue weighted by atomic mass is 9.70. The number of allylic oxidation sites excluding steroid dienone is 1. The summed E-state index contributed by atoms with van der Waals surface area (Å²) >= 11 is 0. The molecule has 0 bridgehead atoms. The van der Waals surface area contributed by atoms with Crippen molar-refractivity contribution in [2.75, 3.05) is 18.5 Å². The summed E-state index contributed by atoms with van der Waals surface area (Å²) in [6, 6.07) is 12.2. The van der Waals surface area contributed by atoms with Crippen LogP contribution in [-0.4, -0.2) is 53.1 Å². The first-order valence-corrected chi connectivity index (χ1v) is 12.4. The number of benzene rings is 2. The zero-order valence-corrected chi connectivity index (χ0v) is 20.7. The van der Waals surface area contributed by atoms with Gasteiger partial charge in [0.25, 0.3) is 0 Å². The largest absolute Gasteiger partial charge is 0.466 e. The van der Waals surface area contributed by atoms with E-state index >= 15 is 0 Å². The smallest absolute Gasteiger partial charge is 0.310 e. The average Bonchev–Trinajstić information content (AvgIpc) is 3.11. The highest BCUT2D eigenvalue weighted by Crippen LogP contribution is 2.45. The van der Waals surface area contributed by atoms with E-state index in [1.54, 1.807) is 6.92 Å². The quantitative estimate of drug-likeness (QED) is 0.468. The standard InChI is InChI=1S/C28H34N2O5/c1-5-35-28(34)23-17(4)10-13-21-24(23)27(33)30(22(15-31)16(2)3)25(21)26(32)29-20-12-11-18-8-6-7-9-19(18)14-20/h6-14,16-17,21-25,31H,5,15H2,1-4H3,(H,29,32)/t17-,21+,22+,23-,24+,25+/m1/s1. The van der Waals surface area contributed by atoms with Gasteiger partial charge in [0.2, 0.25) is 11.8 Å². The van der Waals surface area contributed by atoms with Crippen molar-refractivity contribution in [3.05, 3.63) is 54.6 Å². The molecule has 0 radical (unpaired) electrons. The summed E-state index contributed by atoms with van der Waals surface area (Å²) < 4.78 is 5.32. The van der Waals surface area contributed by atoms with Crippen LogP contribution in [0.2, 0.25) is 0 Å². The Hall–Kier alpha value is -3.19. The Morgan fingerprint density at radius 2 is 1.83 bits per heavy atom. The molecule has 2 aromatic rings. The van der Waals surface area contributed by atoms with Gasteiger partial charge in [0.05, 0.1) is 31.1 Å². The first-order chi connectivity index (χ1) is 16.8. The number of ether oxygens (including phenoxy) is 1. The van der Waals surface area contributed by atoms with Crippen LogP contribution in [0.25, 0.3) is 10.8 Å². The summed E-state index contributed by atoms with van der Waals surface area (Å²) in [7, 11) is 0. The van der Waals surface area contributed by atoms with E-state index < -0.39 is 35.8 Å². The molecule has 2 amide bonds. The molecule has 2 N–H and O–H groups in total. The number of fused-ring (bicyclic) bond motifs is 2. The topological polar surface area (TPSA) is 95.9 Å². The minimum absolute atomic E-state index is 0.0810. The molecule has 35 heavy (non-hydrogen) atoms. The molecule has 1 aliphatic carbocycles. The number of hydrogen-bond acceptors (Lipinski definition) is 5. The van der Waals surface area contributed by atoms with E-state index in [1.807, 2.05) is 75.4 Å². The average molecular weight is 479 g/mol. The van der Waals surface area contributed by atoms with Gasteiger partial charge in [0.15, 0.2) is 0 Å². The number of aliphatic hydroxyl groups excluding tert-OH is 1. The fourth-order valence-corrected chi connectivity index (χ4v) is 5.60. The summed E-state index contributed by atoms with van der Waals surface area (Å²) in [6.45, 7) is 7.40. The monoisotopic (exact) mass is 478 g/mol. The summed E-state index contributed by atoms with van der Waals surface area (Å²) in [5.41, 5.74) is 0.629. The molecule has 0 aromatic heterocycles. The first-order valence-electron chi connectivity index (χ1n) is 12.4. The number of esters is 1. The van der Waals surface area contributed by atoms with E-state index in [1.165, 1.54) is 4.90 Å². The highest BCUT2D eigenvalue weighted by Gasteiger charge is 2.58. The van der Waals surface area contributed by atoms with Gasteiger partial charge in [-0.2, -0.15) is 0 Å². The second kappa shape index (κ2) is 10.2. The van der Waals surface area contributed by atoms with Crippen LogP contribution in [0.3, 0.4) is 0 Å². The lowest BCUT2D eigenvalue weighted by Gasteiger charge is -2.35. The third-order valence-corrected chi connectivity index (χ3v) is 7.37. The third kappa shape index (κ3) is 4.57. The van der Waals surface area contributed by atoms with Gasteiger partial charge in [-0.3, -0.25) is 14.4 Å². The zero-order valence-electron chi connectivity index (χ0n) is 20.7. The summed E-state index contributed by atoms with van der Waals surface area (Å²) in [5.74, 6) is -3.20. The van der Waals surface area contributed by atoms with Crippen LogP contribution in [0.15, 0.2) is 54.6 Å². The van der Waals surface area contributed by atoms with Crippen molar-refractivity contribution in [3.8, 4) is 0 Å². The molecule has 4 rings (SSSR count). The molecule has 186 valence electrons. The minimum atomic E-state index is -0.848. The molecule has 7 nitrogen and oxygen atoms in total. The van der Waals surface area contributed by atoms with Gasteiger partial charge >= 0.3 is 5.97 Å². The molecular weight excluding hydrogens is 444 g/mol. The van der Waals surface area contributed by atoms with Crippen LogP contribution in [0.5, 0.6) is 0 Å². The number of carbonyl (C=O) groups is 3. The highest BCUT2D eigenvalue weighted by molar-refractivity contribution is 6.02. The maximum absolute atomic E-state index is 13.8. The van der Waals surface area contributed by atoms with Crippen molar-refractivity contribution >= 4 is 34.2 Å². The number of aliphatic hydroxyl groups is 1. The Morgan fingerprint density at radius 3 is 2.49 bits per heavy atom. The van der Waals surface area contributed by atoms with E-state index in [-0.39, 0.29) is 36.9 Å². The van der Waals surface area contributed by atoms with Crippen LogP contribution in [0.1, 0.15) is 27.7 Å². The SMILES string of the molecule is CCOC(=O)[C@H]1[C@H]2C(=O)N([C@@H](CO)C(C)C)[C@H](C(=O)Nc3ccc4ccccc4c3)[C@H]2C=C[C@H]1C. The van der Waals surface area contributed by atoms with E-state index in [0.29, 0.717) is 5.69 Å². The van der Waals surface area contributed by atoms with Crippen molar-refractivity contribution in [1.82, 2.24) is 4.90 Å². The van der Waals surface area contributed by atoms with Gasteiger partial charge < -0.3 is 20.1 Å². The maximum Gasteiger partial charge on any atom is 0.310 e.